The van der Waals surface area contributed by atoms with E-state index in [2.05, 4.69) is 24.1 Å². The predicted molar refractivity (Wildman–Crippen MR) is 114 cm³/mol. The van der Waals surface area contributed by atoms with E-state index in [0.717, 1.165) is 32.0 Å². The molecular formula is C18H32IN3O3S. The Labute approximate surface area is 174 Å². The van der Waals surface area contributed by atoms with Crippen LogP contribution in [0.15, 0.2) is 4.99 Å². The molecule has 5 unspecified atom stereocenters. The van der Waals surface area contributed by atoms with Crippen molar-refractivity contribution in [3.05, 3.63) is 0 Å². The molecule has 0 radical (unpaired) electrons. The number of sulfone groups is 1. The van der Waals surface area contributed by atoms with Gasteiger partial charge in [0.2, 0.25) is 0 Å². The summed E-state index contributed by atoms with van der Waals surface area (Å²) in [7, 11) is -2.82. The second-order valence-electron chi connectivity index (χ2n) is 8.73. The van der Waals surface area contributed by atoms with Gasteiger partial charge in [0, 0.05) is 38.0 Å². The molecule has 4 saturated heterocycles. The molecule has 4 aliphatic heterocycles. The third-order valence-corrected chi connectivity index (χ3v) is 8.07. The summed E-state index contributed by atoms with van der Waals surface area (Å²) in [6, 6.07) is 0. The number of fused-ring (bicyclic) bond motifs is 5. The summed E-state index contributed by atoms with van der Waals surface area (Å²) in [5.74, 6) is 3.67. The SMILES string of the molecule is CC(C)CN=C(NCC1CCS(=O)(=O)C1)N1CC2C3CCC(O3)C2C1.I. The molecule has 1 N–H and O–H groups in total. The summed E-state index contributed by atoms with van der Waals surface area (Å²) in [4.78, 5) is 7.24. The van der Waals surface area contributed by atoms with Crippen molar-refractivity contribution in [2.24, 2.45) is 28.7 Å². The van der Waals surface area contributed by atoms with Crippen molar-refractivity contribution in [1.82, 2.24) is 10.2 Å². The summed E-state index contributed by atoms with van der Waals surface area (Å²) in [6.07, 6.45) is 4.10. The molecule has 0 aromatic carbocycles. The van der Waals surface area contributed by atoms with E-state index in [1.165, 1.54) is 12.8 Å². The van der Waals surface area contributed by atoms with Crippen LogP contribution in [0.3, 0.4) is 0 Å². The van der Waals surface area contributed by atoms with E-state index in [0.29, 0.717) is 48.0 Å². The van der Waals surface area contributed by atoms with Gasteiger partial charge in [-0.3, -0.25) is 4.99 Å². The van der Waals surface area contributed by atoms with Gasteiger partial charge in [0.15, 0.2) is 15.8 Å². The molecule has 5 atom stereocenters. The highest BCUT2D eigenvalue weighted by molar-refractivity contribution is 14.0. The third kappa shape index (κ3) is 4.32. The topological polar surface area (TPSA) is 71.0 Å². The molecule has 0 aromatic heterocycles. The van der Waals surface area contributed by atoms with Gasteiger partial charge in [-0.1, -0.05) is 13.8 Å². The second-order valence-corrected chi connectivity index (χ2v) is 11.0. The number of halogens is 1. The highest BCUT2D eigenvalue weighted by Gasteiger charge is 2.53. The van der Waals surface area contributed by atoms with E-state index in [-0.39, 0.29) is 29.9 Å². The van der Waals surface area contributed by atoms with Crippen LogP contribution in [0.2, 0.25) is 0 Å². The molecule has 4 aliphatic rings. The largest absolute Gasteiger partial charge is 0.374 e. The molecule has 2 bridgehead atoms. The van der Waals surface area contributed by atoms with Gasteiger partial charge >= 0.3 is 0 Å². The number of nitrogens with one attached hydrogen (secondary N) is 1. The summed E-state index contributed by atoms with van der Waals surface area (Å²) >= 11 is 0. The maximum Gasteiger partial charge on any atom is 0.193 e. The molecule has 4 heterocycles. The number of guanidine groups is 1. The van der Waals surface area contributed by atoms with Gasteiger partial charge in [-0.2, -0.15) is 0 Å². The zero-order valence-electron chi connectivity index (χ0n) is 15.8. The van der Waals surface area contributed by atoms with E-state index < -0.39 is 9.84 Å². The van der Waals surface area contributed by atoms with Crippen LogP contribution in [0.25, 0.3) is 0 Å². The van der Waals surface area contributed by atoms with Crippen LogP contribution in [0.1, 0.15) is 33.1 Å². The summed E-state index contributed by atoms with van der Waals surface area (Å²) in [6.45, 7) is 7.93. The molecule has 6 nitrogen and oxygen atoms in total. The van der Waals surface area contributed by atoms with Crippen LogP contribution in [0.5, 0.6) is 0 Å². The van der Waals surface area contributed by atoms with E-state index in [9.17, 15) is 8.42 Å². The first-order chi connectivity index (χ1) is 11.9. The van der Waals surface area contributed by atoms with Crippen LogP contribution in [0.4, 0.5) is 0 Å². The third-order valence-electron chi connectivity index (χ3n) is 6.23. The van der Waals surface area contributed by atoms with Crippen LogP contribution in [-0.4, -0.2) is 69.2 Å². The van der Waals surface area contributed by atoms with Crippen molar-refractivity contribution in [3.63, 3.8) is 0 Å². The molecule has 0 amide bonds. The number of rotatable bonds is 4. The number of hydrogen-bond acceptors (Lipinski definition) is 4. The lowest BCUT2D eigenvalue weighted by Gasteiger charge is -2.25. The highest BCUT2D eigenvalue weighted by atomic mass is 127. The van der Waals surface area contributed by atoms with Crippen molar-refractivity contribution in [2.45, 2.75) is 45.3 Å². The second kappa shape index (κ2) is 8.11. The minimum atomic E-state index is -2.82. The molecular weight excluding hydrogens is 465 g/mol. The lowest BCUT2D eigenvalue weighted by atomic mass is 9.82. The fourth-order valence-corrected chi connectivity index (χ4v) is 6.80. The number of aliphatic imine (C=N–C) groups is 1. The van der Waals surface area contributed by atoms with Crippen molar-refractivity contribution in [1.29, 1.82) is 0 Å². The zero-order valence-corrected chi connectivity index (χ0v) is 18.9. The Morgan fingerprint density at radius 1 is 1.19 bits per heavy atom. The van der Waals surface area contributed by atoms with Crippen LogP contribution in [-0.2, 0) is 14.6 Å². The van der Waals surface area contributed by atoms with Crippen molar-refractivity contribution in [3.8, 4) is 0 Å². The fourth-order valence-electron chi connectivity index (χ4n) is 4.94. The van der Waals surface area contributed by atoms with Gasteiger partial charge in [0.25, 0.3) is 0 Å². The lowest BCUT2D eigenvalue weighted by Crippen LogP contribution is -2.43. The van der Waals surface area contributed by atoms with Crippen molar-refractivity contribution < 1.29 is 13.2 Å². The molecule has 0 spiro atoms. The summed E-state index contributed by atoms with van der Waals surface area (Å²) < 4.78 is 29.4. The standard InChI is InChI=1S/C18H31N3O3S.HI/c1-12(2)7-19-18(20-8-13-5-6-25(22,23)11-13)21-9-14-15(10-21)17-4-3-16(14)24-17;/h12-17H,3-11H2,1-2H3,(H,19,20);1H. The first-order valence-corrected chi connectivity index (χ1v) is 11.6. The maximum atomic E-state index is 11.7. The lowest BCUT2D eigenvalue weighted by molar-refractivity contribution is 0.0766. The average Bonchev–Trinajstić information content (AvgIpc) is 3.27. The van der Waals surface area contributed by atoms with Crippen molar-refractivity contribution in [2.75, 3.05) is 37.7 Å². The summed E-state index contributed by atoms with van der Waals surface area (Å²) in [5, 5.41) is 3.51. The Morgan fingerprint density at radius 3 is 2.38 bits per heavy atom. The predicted octanol–water partition coefficient (Wildman–Crippen LogP) is 1.75. The van der Waals surface area contributed by atoms with E-state index in [1.807, 2.05) is 0 Å². The highest BCUT2D eigenvalue weighted by Crippen LogP contribution is 2.47. The molecule has 0 aliphatic carbocycles. The smallest absolute Gasteiger partial charge is 0.193 e. The molecule has 4 rings (SSSR count). The Hall–Kier alpha value is -0.0900. The molecule has 150 valence electrons. The van der Waals surface area contributed by atoms with Crippen molar-refractivity contribution >= 4 is 39.8 Å². The van der Waals surface area contributed by atoms with E-state index in [1.54, 1.807) is 0 Å². The quantitative estimate of drug-likeness (QED) is 0.364. The monoisotopic (exact) mass is 497 g/mol. The normalized spacial score (nSPS) is 37.9. The van der Waals surface area contributed by atoms with Gasteiger partial charge in [0.1, 0.15) is 0 Å². The number of hydrogen-bond donors (Lipinski definition) is 1. The van der Waals surface area contributed by atoms with Gasteiger partial charge < -0.3 is 15.0 Å². The molecule has 26 heavy (non-hydrogen) atoms. The van der Waals surface area contributed by atoms with Gasteiger partial charge in [-0.25, -0.2) is 8.42 Å². The van der Waals surface area contributed by atoms with Crippen LogP contribution >= 0.6 is 24.0 Å². The zero-order chi connectivity index (χ0) is 17.6. The molecule has 8 heteroatoms. The molecule has 0 aromatic rings. The average molecular weight is 497 g/mol. The Balaban J connectivity index is 0.00000196. The first-order valence-electron chi connectivity index (χ1n) is 9.80. The Kier molecular flexibility index (Phi) is 6.44. The van der Waals surface area contributed by atoms with E-state index in [4.69, 9.17) is 9.73 Å². The fraction of sp³-hybridized carbons (Fsp3) is 0.944. The van der Waals surface area contributed by atoms with Gasteiger partial charge in [-0.05, 0) is 31.1 Å². The van der Waals surface area contributed by atoms with Gasteiger partial charge in [0.05, 0.1) is 23.7 Å². The number of ether oxygens (including phenoxy) is 1. The minimum Gasteiger partial charge on any atom is -0.374 e. The van der Waals surface area contributed by atoms with Crippen LogP contribution in [0, 0.1) is 23.7 Å². The first kappa shape index (κ1) is 20.6. The Bertz CT molecular complexity index is 622. The van der Waals surface area contributed by atoms with Gasteiger partial charge in [-0.15, -0.1) is 24.0 Å². The minimum absolute atomic E-state index is 0. The van der Waals surface area contributed by atoms with Crippen LogP contribution < -0.4 is 5.32 Å². The number of likely N-dealkylation sites (tertiary alicyclic amines) is 1. The molecule has 0 saturated carbocycles. The Morgan fingerprint density at radius 2 is 1.85 bits per heavy atom. The maximum absolute atomic E-state index is 11.7. The molecule has 4 fully saturated rings. The summed E-state index contributed by atoms with van der Waals surface area (Å²) in [5.41, 5.74) is 0. The van der Waals surface area contributed by atoms with E-state index >= 15 is 0 Å². The number of nitrogens with zero attached hydrogens (tertiary/aromatic N) is 2.